The van der Waals surface area contributed by atoms with Crippen LogP contribution < -0.4 is 0 Å². The van der Waals surface area contributed by atoms with Crippen LogP contribution in [0.5, 0.6) is 0 Å². The van der Waals surface area contributed by atoms with Crippen LogP contribution in [-0.2, 0) is 0 Å². The highest BCUT2D eigenvalue weighted by Crippen LogP contribution is 2.18. The van der Waals surface area contributed by atoms with Gasteiger partial charge in [0, 0.05) is 24.3 Å². The van der Waals surface area contributed by atoms with E-state index in [1.165, 1.54) is 30.5 Å². The molecular formula is C13H9ClN2O3. The van der Waals surface area contributed by atoms with Gasteiger partial charge in [-0.05, 0) is 12.1 Å². The summed E-state index contributed by atoms with van der Waals surface area (Å²) < 4.78 is 0.616. The van der Waals surface area contributed by atoms with Crippen molar-refractivity contribution in [2.24, 2.45) is 0 Å². The van der Waals surface area contributed by atoms with Gasteiger partial charge in [-0.15, -0.1) is 0 Å². The van der Waals surface area contributed by atoms with Crippen molar-refractivity contribution in [2.45, 2.75) is 0 Å². The summed E-state index contributed by atoms with van der Waals surface area (Å²) in [5.41, 5.74) is 0.818. The molecule has 0 aliphatic heterocycles. The molecular weight excluding hydrogens is 268 g/mol. The molecule has 0 bridgehead atoms. The van der Waals surface area contributed by atoms with Gasteiger partial charge < -0.3 is 5.21 Å². The Bertz CT molecular complexity index is 639. The molecule has 0 fully saturated rings. The van der Waals surface area contributed by atoms with Crippen LogP contribution in [0.4, 0.5) is 11.4 Å². The van der Waals surface area contributed by atoms with Gasteiger partial charge in [-0.25, -0.2) is 0 Å². The van der Waals surface area contributed by atoms with Crippen molar-refractivity contribution in [1.29, 1.82) is 0 Å². The second-order valence-corrected chi connectivity index (χ2v) is 4.16. The Morgan fingerprint density at radius 2 is 1.53 bits per heavy atom. The minimum absolute atomic E-state index is 0.0603. The summed E-state index contributed by atoms with van der Waals surface area (Å²) in [6.45, 7) is 0. The highest BCUT2D eigenvalue weighted by Gasteiger charge is 2.08. The average molecular weight is 277 g/mol. The second-order valence-electron chi connectivity index (χ2n) is 3.75. The Balaban J connectivity index is 2.31. The van der Waals surface area contributed by atoms with E-state index in [2.05, 4.69) is 0 Å². The van der Waals surface area contributed by atoms with Gasteiger partial charge in [-0.2, -0.15) is 4.74 Å². The van der Waals surface area contributed by atoms with Crippen LogP contribution in [0.1, 0.15) is 5.56 Å². The van der Waals surface area contributed by atoms with E-state index >= 15 is 0 Å². The summed E-state index contributed by atoms with van der Waals surface area (Å²) in [4.78, 5) is 9.99. The first kappa shape index (κ1) is 13.0. The van der Waals surface area contributed by atoms with Gasteiger partial charge in [0.1, 0.15) is 0 Å². The van der Waals surface area contributed by atoms with Crippen LogP contribution in [0.15, 0.2) is 48.5 Å². The first-order valence-electron chi connectivity index (χ1n) is 5.38. The van der Waals surface area contributed by atoms with Crippen LogP contribution in [-0.4, -0.2) is 15.9 Å². The maximum atomic E-state index is 11.9. The van der Waals surface area contributed by atoms with Crippen LogP contribution in [0.3, 0.4) is 0 Å². The highest BCUT2D eigenvalue weighted by atomic mass is 35.5. The Morgan fingerprint density at radius 3 is 2.11 bits per heavy atom. The van der Waals surface area contributed by atoms with E-state index in [1.54, 1.807) is 24.3 Å². The molecule has 0 aliphatic rings. The SMILES string of the molecule is O=[N+]([O-])c1ccc(/[N+]([O-])=C/c2ccccc2Cl)cc1. The van der Waals surface area contributed by atoms with Gasteiger partial charge in [0.05, 0.1) is 15.5 Å². The predicted molar refractivity (Wildman–Crippen MR) is 73.0 cm³/mol. The molecule has 0 saturated carbocycles. The highest BCUT2D eigenvalue weighted by molar-refractivity contribution is 6.32. The van der Waals surface area contributed by atoms with E-state index in [-0.39, 0.29) is 5.69 Å². The molecule has 2 aromatic carbocycles. The molecule has 2 rings (SSSR count). The molecule has 0 aliphatic carbocycles. The summed E-state index contributed by atoms with van der Waals surface area (Å²) in [6.07, 6.45) is 1.32. The number of halogens is 1. The standard InChI is InChI=1S/C13H9ClN2O3/c14-13-4-2-1-3-10(13)9-15(17)11-5-7-12(8-6-11)16(18)19/h1-9H/b15-9-. The molecule has 0 N–H and O–H groups in total. The zero-order chi connectivity index (χ0) is 13.8. The van der Waals surface area contributed by atoms with E-state index in [4.69, 9.17) is 11.6 Å². The molecule has 0 radical (unpaired) electrons. The Morgan fingerprint density at radius 1 is 0.947 bits per heavy atom. The van der Waals surface area contributed by atoms with Crippen LogP contribution >= 0.6 is 11.6 Å². The van der Waals surface area contributed by atoms with Crippen molar-refractivity contribution < 1.29 is 9.66 Å². The summed E-state index contributed by atoms with van der Waals surface area (Å²) in [5.74, 6) is 0. The molecule has 19 heavy (non-hydrogen) atoms. The van der Waals surface area contributed by atoms with Gasteiger partial charge >= 0.3 is 0 Å². The molecule has 96 valence electrons. The number of rotatable bonds is 3. The van der Waals surface area contributed by atoms with Crippen molar-refractivity contribution in [3.05, 3.63) is 74.4 Å². The van der Waals surface area contributed by atoms with E-state index in [1.807, 2.05) is 0 Å². The fourth-order valence-electron chi connectivity index (χ4n) is 1.50. The molecule has 0 atom stereocenters. The number of nitrogens with zero attached hydrogens (tertiary/aromatic N) is 2. The third-order valence-electron chi connectivity index (χ3n) is 2.48. The predicted octanol–water partition coefficient (Wildman–Crippen LogP) is 3.51. The largest absolute Gasteiger partial charge is 0.618 e. The number of benzene rings is 2. The normalized spacial score (nSPS) is 11.3. The zero-order valence-corrected chi connectivity index (χ0v) is 10.4. The minimum Gasteiger partial charge on any atom is -0.618 e. The third-order valence-corrected chi connectivity index (χ3v) is 2.82. The summed E-state index contributed by atoms with van der Waals surface area (Å²) in [5, 5.41) is 22.8. The molecule has 0 amide bonds. The van der Waals surface area contributed by atoms with Crippen molar-refractivity contribution in [3.63, 3.8) is 0 Å². The Labute approximate surface area is 114 Å². The van der Waals surface area contributed by atoms with Gasteiger partial charge in [0.15, 0.2) is 6.21 Å². The molecule has 2 aromatic rings. The lowest BCUT2D eigenvalue weighted by atomic mass is 10.2. The third kappa shape index (κ3) is 3.08. The molecule has 0 heterocycles. The van der Waals surface area contributed by atoms with E-state index in [0.29, 0.717) is 21.0 Å². The van der Waals surface area contributed by atoms with Crippen LogP contribution in [0.25, 0.3) is 0 Å². The minimum atomic E-state index is -0.517. The van der Waals surface area contributed by atoms with E-state index < -0.39 is 4.92 Å². The van der Waals surface area contributed by atoms with Crippen molar-refractivity contribution in [2.75, 3.05) is 0 Å². The lowest BCUT2D eigenvalue weighted by molar-refractivity contribution is -0.385. The number of nitro groups is 1. The maximum absolute atomic E-state index is 11.9. The number of nitro benzene ring substituents is 1. The Kier molecular flexibility index (Phi) is 3.77. The molecule has 0 unspecified atom stereocenters. The van der Waals surface area contributed by atoms with Gasteiger partial charge in [0.25, 0.3) is 5.69 Å². The fourth-order valence-corrected chi connectivity index (χ4v) is 1.69. The number of non-ortho nitro benzene ring substituents is 1. The van der Waals surface area contributed by atoms with Gasteiger partial charge in [0.2, 0.25) is 5.69 Å². The van der Waals surface area contributed by atoms with E-state index in [0.717, 1.165) is 0 Å². The van der Waals surface area contributed by atoms with Crippen molar-refractivity contribution in [3.8, 4) is 0 Å². The van der Waals surface area contributed by atoms with Crippen LogP contribution in [0.2, 0.25) is 5.02 Å². The van der Waals surface area contributed by atoms with Gasteiger partial charge in [-0.3, -0.25) is 10.1 Å². The van der Waals surface area contributed by atoms with Crippen LogP contribution in [0, 0.1) is 15.3 Å². The monoisotopic (exact) mass is 276 g/mol. The number of hydrogen-bond donors (Lipinski definition) is 0. The lowest BCUT2D eigenvalue weighted by Crippen LogP contribution is -1.99. The molecule has 0 spiro atoms. The smallest absolute Gasteiger partial charge is 0.269 e. The topological polar surface area (TPSA) is 69.2 Å². The maximum Gasteiger partial charge on any atom is 0.269 e. The average Bonchev–Trinajstić information content (AvgIpc) is 2.41. The Hall–Kier alpha value is -2.40. The van der Waals surface area contributed by atoms with Crippen molar-refractivity contribution in [1.82, 2.24) is 0 Å². The van der Waals surface area contributed by atoms with E-state index in [9.17, 15) is 15.3 Å². The molecule has 6 heteroatoms. The van der Waals surface area contributed by atoms with Crippen molar-refractivity contribution >= 4 is 29.2 Å². The molecule has 0 saturated heterocycles. The lowest BCUT2D eigenvalue weighted by Gasteiger charge is -2.03. The molecule has 0 aromatic heterocycles. The summed E-state index contributed by atoms with van der Waals surface area (Å²) >= 11 is 5.94. The van der Waals surface area contributed by atoms with Gasteiger partial charge in [-0.1, -0.05) is 23.7 Å². The summed E-state index contributed by atoms with van der Waals surface area (Å²) in [7, 11) is 0. The summed E-state index contributed by atoms with van der Waals surface area (Å²) in [6, 6.07) is 12.2. The fraction of sp³-hybridized carbons (Fsp3) is 0. The molecule has 5 nitrogen and oxygen atoms in total. The zero-order valence-electron chi connectivity index (χ0n) is 9.69. The second kappa shape index (κ2) is 5.49. The quantitative estimate of drug-likeness (QED) is 0.283. The number of hydrogen-bond acceptors (Lipinski definition) is 3. The first-order chi connectivity index (χ1) is 9.08. The first-order valence-corrected chi connectivity index (χ1v) is 5.76.